The SMILES string of the molecule is COC1OCc2c[n+]([O-])c(C)c(OC(=O)C(C)(C)C)c21. The molecular weight excluding hydrogens is 262 g/mol. The molecule has 1 aromatic rings. The Morgan fingerprint density at radius 2 is 2.15 bits per heavy atom. The number of methoxy groups -OCH3 is 1. The molecule has 1 unspecified atom stereocenters. The average Bonchev–Trinajstić information content (AvgIpc) is 2.75. The minimum absolute atomic E-state index is 0.238. The first kappa shape index (κ1) is 14.7. The van der Waals surface area contributed by atoms with E-state index in [2.05, 4.69) is 0 Å². The molecule has 1 aromatic heterocycles. The Balaban J connectivity index is 2.49. The molecule has 6 nitrogen and oxygen atoms in total. The summed E-state index contributed by atoms with van der Waals surface area (Å²) >= 11 is 0. The fourth-order valence-electron chi connectivity index (χ4n) is 1.93. The van der Waals surface area contributed by atoms with Crippen LogP contribution >= 0.6 is 0 Å². The maximum Gasteiger partial charge on any atom is 0.316 e. The topological polar surface area (TPSA) is 71.7 Å². The van der Waals surface area contributed by atoms with Crippen LogP contribution in [0.15, 0.2) is 6.20 Å². The molecule has 2 heterocycles. The molecule has 0 radical (unpaired) electrons. The third-order valence-corrected chi connectivity index (χ3v) is 3.17. The average molecular weight is 281 g/mol. The number of nitrogens with zero attached hydrogens (tertiary/aromatic N) is 1. The number of ether oxygens (including phenoxy) is 3. The van der Waals surface area contributed by atoms with Gasteiger partial charge in [0.1, 0.15) is 0 Å². The van der Waals surface area contributed by atoms with Crippen LogP contribution in [0.4, 0.5) is 0 Å². The summed E-state index contributed by atoms with van der Waals surface area (Å²) in [7, 11) is 1.50. The third-order valence-electron chi connectivity index (χ3n) is 3.17. The van der Waals surface area contributed by atoms with E-state index in [-0.39, 0.29) is 12.4 Å². The molecule has 0 aromatic carbocycles. The minimum atomic E-state index is -0.662. The summed E-state index contributed by atoms with van der Waals surface area (Å²) in [5.74, 6) is -0.169. The van der Waals surface area contributed by atoms with Crippen LogP contribution in [0.2, 0.25) is 0 Å². The lowest BCUT2D eigenvalue weighted by Gasteiger charge is -2.19. The fraction of sp³-hybridized carbons (Fsp3) is 0.571. The van der Waals surface area contributed by atoms with Crippen LogP contribution in [0, 0.1) is 17.5 Å². The fourth-order valence-corrected chi connectivity index (χ4v) is 1.93. The summed E-state index contributed by atoms with van der Waals surface area (Å²) in [6.07, 6.45) is 0.811. The van der Waals surface area contributed by atoms with E-state index in [0.717, 1.165) is 0 Å². The first-order chi connectivity index (χ1) is 9.25. The first-order valence-corrected chi connectivity index (χ1v) is 6.38. The molecule has 0 spiro atoms. The van der Waals surface area contributed by atoms with Gasteiger partial charge in [-0.15, -0.1) is 0 Å². The molecule has 0 bridgehead atoms. The Morgan fingerprint density at radius 3 is 2.70 bits per heavy atom. The van der Waals surface area contributed by atoms with Crippen molar-refractivity contribution in [3.8, 4) is 5.75 Å². The summed E-state index contributed by atoms with van der Waals surface area (Å²) in [6, 6.07) is 0. The van der Waals surface area contributed by atoms with Crippen LogP contribution in [0.5, 0.6) is 5.75 Å². The molecule has 1 aliphatic heterocycles. The molecule has 110 valence electrons. The molecular formula is C14H19NO5. The number of hydrogen-bond donors (Lipinski definition) is 0. The number of fused-ring (bicyclic) bond motifs is 1. The van der Waals surface area contributed by atoms with Crippen molar-refractivity contribution in [3.63, 3.8) is 0 Å². The van der Waals surface area contributed by atoms with E-state index < -0.39 is 17.7 Å². The van der Waals surface area contributed by atoms with Crippen LogP contribution in [0.1, 0.15) is 43.9 Å². The Morgan fingerprint density at radius 1 is 1.50 bits per heavy atom. The predicted octanol–water partition coefficient (Wildman–Crippen LogP) is 1.76. The van der Waals surface area contributed by atoms with Gasteiger partial charge in [0.15, 0.2) is 12.5 Å². The van der Waals surface area contributed by atoms with Gasteiger partial charge in [-0.1, -0.05) is 0 Å². The standard InChI is InChI=1S/C14H19NO5/c1-8-11(20-13(16)14(2,3)4)10-9(6-15(8)17)7-19-12(10)18-5/h6,12H,7H2,1-5H3. The molecule has 0 fully saturated rings. The lowest BCUT2D eigenvalue weighted by atomic mass is 9.97. The van der Waals surface area contributed by atoms with Crippen molar-refractivity contribution in [2.24, 2.45) is 5.41 Å². The molecule has 0 aliphatic carbocycles. The van der Waals surface area contributed by atoms with E-state index in [1.165, 1.54) is 13.3 Å². The minimum Gasteiger partial charge on any atom is -0.618 e. The smallest absolute Gasteiger partial charge is 0.316 e. The van der Waals surface area contributed by atoms with Crippen molar-refractivity contribution < 1.29 is 23.7 Å². The summed E-state index contributed by atoms with van der Waals surface area (Å²) < 4.78 is 16.8. The van der Waals surface area contributed by atoms with E-state index in [9.17, 15) is 10.0 Å². The Labute approximate surface area is 117 Å². The second-order valence-electron chi connectivity index (χ2n) is 5.83. The largest absolute Gasteiger partial charge is 0.618 e. The number of carbonyl (C=O) groups is 1. The number of carbonyl (C=O) groups excluding carboxylic acids is 1. The second kappa shape index (κ2) is 5.03. The molecule has 20 heavy (non-hydrogen) atoms. The van der Waals surface area contributed by atoms with Gasteiger partial charge in [0.25, 0.3) is 0 Å². The number of pyridine rings is 1. The Kier molecular flexibility index (Phi) is 3.71. The highest BCUT2D eigenvalue weighted by molar-refractivity contribution is 5.78. The molecule has 1 aliphatic rings. The van der Waals surface area contributed by atoms with Gasteiger partial charge in [-0.05, 0) is 20.8 Å². The molecule has 0 N–H and O–H groups in total. The first-order valence-electron chi connectivity index (χ1n) is 6.38. The molecule has 1 atom stereocenters. The zero-order valence-corrected chi connectivity index (χ0v) is 12.4. The maximum atomic E-state index is 12.1. The molecule has 0 saturated carbocycles. The third kappa shape index (κ3) is 2.48. The number of hydrogen-bond acceptors (Lipinski definition) is 5. The Hall–Kier alpha value is -1.66. The van der Waals surface area contributed by atoms with Gasteiger partial charge < -0.3 is 19.4 Å². The highest BCUT2D eigenvalue weighted by Crippen LogP contribution is 2.39. The molecule has 0 saturated heterocycles. The van der Waals surface area contributed by atoms with Crippen molar-refractivity contribution in [3.05, 3.63) is 28.2 Å². The highest BCUT2D eigenvalue weighted by atomic mass is 16.7. The van der Waals surface area contributed by atoms with Crippen molar-refractivity contribution >= 4 is 5.97 Å². The summed E-state index contributed by atoms with van der Waals surface area (Å²) in [6.45, 7) is 7.12. The van der Waals surface area contributed by atoms with E-state index in [1.807, 2.05) is 0 Å². The maximum absolute atomic E-state index is 12.1. The zero-order valence-electron chi connectivity index (χ0n) is 12.4. The number of rotatable bonds is 2. The van der Waals surface area contributed by atoms with Crippen molar-refractivity contribution in [1.29, 1.82) is 0 Å². The predicted molar refractivity (Wildman–Crippen MR) is 69.8 cm³/mol. The van der Waals surface area contributed by atoms with Gasteiger partial charge in [0.2, 0.25) is 11.4 Å². The number of esters is 1. The summed E-state index contributed by atoms with van der Waals surface area (Å²) in [5.41, 5.74) is 0.947. The number of aromatic nitrogens is 1. The lowest BCUT2D eigenvalue weighted by Crippen LogP contribution is -2.34. The van der Waals surface area contributed by atoms with Gasteiger partial charge >= 0.3 is 5.97 Å². The monoisotopic (exact) mass is 281 g/mol. The van der Waals surface area contributed by atoms with E-state index in [4.69, 9.17) is 14.2 Å². The normalized spacial score (nSPS) is 17.9. The Bertz CT molecular complexity index is 547. The summed E-state index contributed by atoms with van der Waals surface area (Å²) in [4.78, 5) is 12.1. The van der Waals surface area contributed by atoms with E-state index in [0.29, 0.717) is 21.6 Å². The van der Waals surface area contributed by atoms with Crippen LogP contribution < -0.4 is 9.47 Å². The van der Waals surface area contributed by atoms with Crippen LogP contribution in [0.25, 0.3) is 0 Å². The quantitative estimate of drug-likeness (QED) is 0.469. The van der Waals surface area contributed by atoms with Crippen LogP contribution in [-0.4, -0.2) is 13.1 Å². The van der Waals surface area contributed by atoms with Gasteiger partial charge in [0, 0.05) is 14.0 Å². The second-order valence-corrected chi connectivity index (χ2v) is 5.83. The molecule has 2 rings (SSSR count). The lowest BCUT2D eigenvalue weighted by molar-refractivity contribution is -0.613. The van der Waals surface area contributed by atoms with E-state index >= 15 is 0 Å². The molecule has 0 amide bonds. The van der Waals surface area contributed by atoms with Crippen LogP contribution in [-0.2, 0) is 20.9 Å². The van der Waals surface area contributed by atoms with Crippen molar-refractivity contribution in [1.82, 2.24) is 0 Å². The zero-order chi connectivity index (χ0) is 15.1. The highest BCUT2D eigenvalue weighted by Gasteiger charge is 2.35. The van der Waals surface area contributed by atoms with Gasteiger partial charge in [-0.25, -0.2) is 0 Å². The van der Waals surface area contributed by atoms with Gasteiger partial charge in [0.05, 0.1) is 23.1 Å². The van der Waals surface area contributed by atoms with Gasteiger partial charge in [-0.2, -0.15) is 4.73 Å². The summed E-state index contributed by atoms with van der Waals surface area (Å²) in [5, 5.41) is 11.9. The van der Waals surface area contributed by atoms with Gasteiger partial charge in [-0.3, -0.25) is 4.79 Å². The van der Waals surface area contributed by atoms with Crippen LogP contribution in [0.3, 0.4) is 0 Å². The molecule has 6 heteroatoms. The van der Waals surface area contributed by atoms with Crippen molar-refractivity contribution in [2.45, 2.75) is 40.6 Å². The van der Waals surface area contributed by atoms with Crippen molar-refractivity contribution in [2.75, 3.05) is 7.11 Å². The van der Waals surface area contributed by atoms with E-state index in [1.54, 1.807) is 27.7 Å².